The summed E-state index contributed by atoms with van der Waals surface area (Å²) in [7, 11) is 0. The molecule has 0 aromatic heterocycles. The second kappa shape index (κ2) is 3.71. The van der Waals surface area contributed by atoms with Gasteiger partial charge in [-0.05, 0) is 26.2 Å². The molecule has 1 aliphatic rings. The predicted octanol–water partition coefficient (Wildman–Crippen LogP) is 1.53. The van der Waals surface area contributed by atoms with Crippen LogP contribution in [0.2, 0.25) is 0 Å². The molecule has 1 fully saturated rings. The topological polar surface area (TPSA) is 26.3 Å². The van der Waals surface area contributed by atoms with E-state index >= 15 is 0 Å². The second-order valence-corrected chi connectivity index (χ2v) is 2.89. The van der Waals surface area contributed by atoms with Crippen molar-refractivity contribution >= 4 is 5.78 Å². The Labute approximate surface area is 61.6 Å². The molecule has 1 heterocycles. The molecule has 0 radical (unpaired) electrons. The van der Waals surface area contributed by atoms with Crippen molar-refractivity contribution in [2.75, 3.05) is 6.61 Å². The third-order valence-corrected chi connectivity index (χ3v) is 1.79. The van der Waals surface area contributed by atoms with E-state index in [-0.39, 0.29) is 11.9 Å². The molecule has 0 bridgehead atoms. The summed E-state index contributed by atoms with van der Waals surface area (Å²) < 4.78 is 5.37. The van der Waals surface area contributed by atoms with Crippen LogP contribution in [-0.2, 0) is 9.53 Å². The fraction of sp³-hybridized carbons (Fsp3) is 0.875. The van der Waals surface area contributed by atoms with E-state index in [9.17, 15) is 4.79 Å². The van der Waals surface area contributed by atoms with Crippen LogP contribution < -0.4 is 0 Å². The maximum atomic E-state index is 10.6. The van der Waals surface area contributed by atoms with Crippen LogP contribution in [0.15, 0.2) is 0 Å². The first-order valence-electron chi connectivity index (χ1n) is 3.90. The molecule has 0 aromatic carbocycles. The van der Waals surface area contributed by atoms with Gasteiger partial charge < -0.3 is 4.74 Å². The summed E-state index contributed by atoms with van der Waals surface area (Å²) in [6.45, 7) is 2.47. The highest BCUT2D eigenvalue weighted by Crippen LogP contribution is 2.15. The van der Waals surface area contributed by atoms with E-state index < -0.39 is 0 Å². The molecule has 2 heteroatoms. The van der Waals surface area contributed by atoms with Crippen LogP contribution in [0.1, 0.15) is 32.6 Å². The van der Waals surface area contributed by atoms with Crippen molar-refractivity contribution < 1.29 is 9.53 Å². The standard InChI is InChI=1S/C8H14O2/c1-7(9)6-8-4-2-3-5-10-8/h8H,2-6H2,1H3/t8-/m1/s1. The monoisotopic (exact) mass is 142 g/mol. The highest BCUT2D eigenvalue weighted by atomic mass is 16.5. The Hall–Kier alpha value is -0.370. The molecule has 0 aliphatic carbocycles. The van der Waals surface area contributed by atoms with Gasteiger partial charge in [-0.1, -0.05) is 0 Å². The van der Waals surface area contributed by atoms with Crippen molar-refractivity contribution in [1.29, 1.82) is 0 Å². The van der Waals surface area contributed by atoms with Gasteiger partial charge in [-0.3, -0.25) is 4.79 Å². The molecule has 0 N–H and O–H groups in total. The Kier molecular flexibility index (Phi) is 2.87. The summed E-state index contributed by atoms with van der Waals surface area (Å²) in [5.74, 6) is 0.243. The molecule has 1 aliphatic heterocycles. The lowest BCUT2D eigenvalue weighted by Gasteiger charge is -2.20. The van der Waals surface area contributed by atoms with Crippen LogP contribution in [0.25, 0.3) is 0 Å². The van der Waals surface area contributed by atoms with Gasteiger partial charge in [-0.2, -0.15) is 0 Å². The predicted molar refractivity (Wildman–Crippen MR) is 38.9 cm³/mol. The molecule has 10 heavy (non-hydrogen) atoms. The maximum absolute atomic E-state index is 10.6. The Balaban J connectivity index is 2.19. The Morgan fingerprint density at radius 1 is 1.60 bits per heavy atom. The van der Waals surface area contributed by atoms with Crippen LogP contribution >= 0.6 is 0 Å². The lowest BCUT2D eigenvalue weighted by molar-refractivity contribution is -0.120. The maximum Gasteiger partial charge on any atom is 0.132 e. The zero-order valence-electron chi connectivity index (χ0n) is 6.43. The molecular formula is C8H14O2. The first kappa shape index (κ1) is 7.73. The number of carbonyl (C=O) groups excluding carboxylic acids is 1. The number of hydrogen-bond acceptors (Lipinski definition) is 2. The highest BCUT2D eigenvalue weighted by Gasteiger charge is 2.14. The summed E-state index contributed by atoms with van der Waals surface area (Å²) in [4.78, 5) is 10.6. The van der Waals surface area contributed by atoms with Gasteiger partial charge in [-0.25, -0.2) is 0 Å². The van der Waals surface area contributed by atoms with Gasteiger partial charge in [0.15, 0.2) is 0 Å². The van der Waals surface area contributed by atoms with E-state index in [1.807, 2.05) is 0 Å². The minimum absolute atomic E-state index is 0.228. The van der Waals surface area contributed by atoms with Crippen LogP contribution in [0, 0.1) is 0 Å². The van der Waals surface area contributed by atoms with Crippen LogP contribution in [-0.4, -0.2) is 18.5 Å². The van der Waals surface area contributed by atoms with Crippen molar-refractivity contribution in [3.05, 3.63) is 0 Å². The second-order valence-electron chi connectivity index (χ2n) is 2.89. The third kappa shape index (κ3) is 2.48. The van der Waals surface area contributed by atoms with E-state index in [4.69, 9.17) is 4.74 Å². The van der Waals surface area contributed by atoms with Gasteiger partial charge in [0.05, 0.1) is 6.10 Å². The van der Waals surface area contributed by atoms with Crippen LogP contribution in [0.4, 0.5) is 0 Å². The number of hydrogen-bond donors (Lipinski definition) is 0. The Morgan fingerprint density at radius 2 is 2.40 bits per heavy atom. The SMILES string of the molecule is CC(=O)C[C@H]1CCCCO1. The Morgan fingerprint density at radius 3 is 2.90 bits per heavy atom. The summed E-state index contributed by atoms with van der Waals surface area (Å²) in [6, 6.07) is 0. The zero-order valence-corrected chi connectivity index (χ0v) is 6.43. The number of ketones is 1. The van der Waals surface area contributed by atoms with E-state index in [1.54, 1.807) is 6.92 Å². The third-order valence-electron chi connectivity index (χ3n) is 1.79. The van der Waals surface area contributed by atoms with Gasteiger partial charge in [-0.15, -0.1) is 0 Å². The van der Waals surface area contributed by atoms with E-state index in [0.717, 1.165) is 19.4 Å². The van der Waals surface area contributed by atoms with Crippen LogP contribution in [0.5, 0.6) is 0 Å². The van der Waals surface area contributed by atoms with Gasteiger partial charge in [0.25, 0.3) is 0 Å². The first-order chi connectivity index (χ1) is 4.79. The van der Waals surface area contributed by atoms with Gasteiger partial charge >= 0.3 is 0 Å². The Bertz CT molecular complexity index is 114. The van der Waals surface area contributed by atoms with Crippen molar-refractivity contribution in [2.45, 2.75) is 38.7 Å². The number of rotatable bonds is 2. The average Bonchev–Trinajstić information content (AvgIpc) is 1.88. The molecule has 0 saturated carbocycles. The van der Waals surface area contributed by atoms with Gasteiger partial charge in [0.2, 0.25) is 0 Å². The molecule has 2 nitrogen and oxygen atoms in total. The molecule has 0 unspecified atom stereocenters. The zero-order chi connectivity index (χ0) is 7.40. The first-order valence-corrected chi connectivity index (χ1v) is 3.90. The minimum atomic E-state index is 0.228. The largest absolute Gasteiger partial charge is 0.378 e. The summed E-state index contributed by atoms with van der Waals surface area (Å²) in [5, 5.41) is 0. The highest BCUT2D eigenvalue weighted by molar-refractivity contribution is 5.75. The number of carbonyl (C=O) groups is 1. The summed E-state index contributed by atoms with van der Waals surface area (Å²) >= 11 is 0. The van der Waals surface area contributed by atoms with E-state index in [2.05, 4.69) is 0 Å². The van der Waals surface area contributed by atoms with Gasteiger partial charge in [0, 0.05) is 13.0 Å². The van der Waals surface area contributed by atoms with Crippen molar-refractivity contribution in [3.8, 4) is 0 Å². The van der Waals surface area contributed by atoms with Crippen molar-refractivity contribution in [3.63, 3.8) is 0 Å². The van der Waals surface area contributed by atoms with Crippen molar-refractivity contribution in [1.82, 2.24) is 0 Å². The quantitative estimate of drug-likeness (QED) is 0.584. The fourth-order valence-corrected chi connectivity index (χ4v) is 1.29. The molecule has 0 amide bonds. The van der Waals surface area contributed by atoms with E-state index in [1.165, 1.54) is 6.42 Å². The normalized spacial score (nSPS) is 26.3. The fourth-order valence-electron chi connectivity index (χ4n) is 1.29. The van der Waals surface area contributed by atoms with Gasteiger partial charge in [0.1, 0.15) is 5.78 Å². The molecule has 1 rings (SSSR count). The molecule has 1 saturated heterocycles. The molecular weight excluding hydrogens is 128 g/mol. The summed E-state index contributed by atoms with van der Waals surface area (Å²) in [5.41, 5.74) is 0. The average molecular weight is 142 g/mol. The molecule has 58 valence electrons. The van der Waals surface area contributed by atoms with E-state index in [0.29, 0.717) is 6.42 Å². The van der Waals surface area contributed by atoms with Crippen molar-refractivity contribution in [2.24, 2.45) is 0 Å². The lowest BCUT2D eigenvalue weighted by Crippen LogP contribution is -2.21. The molecule has 0 aromatic rings. The minimum Gasteiger partial charge on any atom is -0.378 e. The lowest BCUT2D eigenvalue weighted by atomic mass is 10.1. The smallest absolute Gasteiger partial charge is 0.132 e. The number of Topliss-reactive ketones (excluding diaryl/α,β-unsaturated/α-hetero) is 1. The summed E-state index contributed by atoms with van der Waals surface area (Å²) in [6.07, 6.45) is 4.29. The molecule has 1 atom stereocenters. The number of ether oxygens (including phenoxy) is 1. The van der Waals surface area contributed by atoms with Crippen LogP contribution in [0.3, 0.4) is 0 Å². The molecule has 0 spiro atoms.